The lowest BCUT2D eigenvalue weighted by molar-refractivity contribution is -0.130. The summed E-state index contributed by atoms with van der Waals surface area (Å²) in [5.74, 6) is -0.824. The third-order valence-electron chi connectivity index (χ3n) is 4.81. The molecule has 27 heavy (non-hydrogen) atoms. The van der Waals surface area contributed by atoms with Gasteiger partial charge in [-0.3, -0.25) is 14.3 Å². The van der Waals surface area contributed by atoms with Crippen LogP contribution in [0.5, 0.6) is 0 Å². The van der Waals surface area contributed by atoms with Gasteiger partial charge in [-0.25, -0.2) is 4.39 Å². The van der Waals surface area contributed by atoms with Gasteiger partial charge in [0.15, 0.2) is 0 Å². The predicted molar refractivity (Wildman–Crippen MR) is 96.4 cm³/mol. The van der Waals surface area contributed by atoms with Gasteiger partial charge in [0.1, 0.15) is 11.9 Å². The number of aliphatic hydroxyl groups is 1. The molecule has 0 bridgehead atoms. The SMILES string of the molecule is Cc1c(F)cccc1C(=O)N1CCn2nc([C@H](O)CC(=O)N(C)C)cc2C1. The minimum absolute atomic E-state index is 0.0470. The Bertz CT molecular complexity index is 878. The van der Waals surface area contributed by atoms with Crippen molar-refractivity contribution >= 4 is 11.8 Å². The van der Waals surface area contributed by atoms with Crippen molar-refractivity contribution in [1.82, 2.24) is 19.6 Å². The number of aliphatic hydroxyl groups excluding tert-OH is 1. The van der Waals surface area contributed by atoms with E-state index in [1.807, 2.05) is 0 Å². The number of hydrogen-bond acceptors (Lipinski definition) is 4. The van der Waals surface area contributed by atoms with E-state index < -0.39 is 11.9 Å². The van der Waals surface area contributed by atoms with Crippen LogP contribution < -0.4 is 0 Å². The van der Waals surface area contributed by atoms with E-state index in [9.17, 15) is 19.1 Å². The topological polar surface area (TPSA) is 78.7 Å². The van der Waals surface area contributed by atoms with Gasteiger partial charge in [-0.15, -0.1) is 0 Å². The highest BCUT2D eigenvalue weighted by atomic mass is 19.1. The van der Waals surface area contributed by atoms with Crippen LogP contribution in [0.1, 0.15) is 39.8 Å². The van der Waals surface area contributed by atoms with Gasteiger partial charge in [-0.1, -0.05) is 6.07 Å². The molecule has 1 aliphatic heterocycles. The first-order chi connectivity index (χ1) is 12.8. The number of rotatable bonds is 4. The number of benzene rings is 1. The molecule has 3 rings (SSSR count). The molecule has 0 saturated heterocycles. The largest absolute Gasteiger partial charge is 0.386 e. The van der Waals surface area contributed by atoms with E-state index in [4.69, 9.17) is 0 Å². The first-order valence-electron chi connectivity index (χ1n) is 8.77. The van der Waals surface area contributed by atoms with Crippen LogP contribution in [0.2, 0.25) is 0 Å². The summed E-state index contributed by atoms with van der Waals surface area (Å²) in [5.41, 5.74) is 1.87. The Hall–Kier alpha value is -2.74. The summed E-state index contributed by atoms with van der Waals surface area (Å²) >= 11 is 0. The van der Waals surface area contributed by atoms with Crippen molar-refractivity contribution in [3.8, 4) is 0 Å². The zero-order valence-corrected chi connectivity index (χ0v) is 15.6. The van der Waals surface area contributed by atoms with Crippen LogP contribution in [0.4, 0.5) is 4.39 Å². The van der Waals surface area contributed by atoms with E-state index in [-0.39, 0.29) is 18.2 Å². The Morgan fingerprint density at radius 2 is 2.07 bits per heavy atom. The van der Waals surface area contributed by atoms with Crippen molar-refractivity contribution in [1.29, 1.82) is 0 Å². The number of halogens is 1. The van der Waals surface area contributed by atoms with E-state index in [1.54, 1.807) is 42.7 Å². The normalized spacial score (nSPS) is 14.6. The fraction of sp³-hybridized carbons (Fsp3) is 0.421. The number of nitrogens with zero attached hydrogens (tertiary/aromatic N) is 4. The maximum Gasteiger partial charge on any atom is 0.254 e. The molecule has 0 radical (unpaired) electrons. The number of carbonyl (C=O) groups excluding carboxylic acids is 2. The Kier molecular flexibility index (Phi) is 5.27. The summed E-state index contributed by atoms with van der Waals surface area (Å²) in [6.07, 6.45) is -1.04. The standard InChI is InChI=1S/C19H23FN4O3/c1-12-14(5-4-6-15(12)20)19(27)23-7-8-24-13(11-23)9-16(21-24)17(25)10-18(26)22(2)3/h4-6,9,17,25H,7-8,10-11H2,1-3H3/t17-/m1/s1. The molecule has 7 nitrogen and oxygen atoms in total. The van der Waals surface area contributed by atoms with Crippen molar-refractivity contribution in [3.05, 3.63) is 52.6 Å². The van der Waals surface area contributed by atoms with Crippen LogP contribution >= 0.6 is 0 Å². The van der Waals surface area contributed by atoms with Gasteiger partial charge in [0.05, 0.1) is 30.9 Å². The van der Waals surface area contributed by atoms with Gasteiger partial charge in [0.25, 0.3) is 5.91 Å². The second-order valence-electron chi connectivity index (χ2n) is 6.93. The number of fused-ring (bicyclic) bond motifs is 1. The Morgan fingerprint density at radius 3 is 2.78 bits per heavy atom. The van der Waals surface area contributed by atoms with Gasteiger partial charge >= 0.3 is 0 Å². The highest BCUT2D eigenvalue weighted by Crippen LogP contribution is 2.23. The maximum atomic E-state index is 13.8. The molecule has 1 aromatic heterocycles. The Labute approximate surface area is 157 Å². The molecular weight excluding hydrogens is 351 g/mol. The van der Waals surface area contributed by atoms with Crippen molar-refractivity contribution in [2.24, 2.45) is 0 Å². The molecule has 8 heteroatoms. The van der Waals surface area contributed by atoms with Crippen LogP contribution in [0, 0.1) is 12.7 Å². The fourth-order valence-electron chi connectivity index (χ4n) is 3.09. The van der Waals surface area contributed by atoms with E-state index in [0.29, 0.717) is 36.5 Å². The first-order valence-corrected chi connectivity index (χ1v) is 8.77. The van der Waals surface area contributed by atoms with Crippen molar-refractivity contribution < 1.29 is 19.1 Å². The molecule has 144 valence electrons. The van der Waals surface area contributed by atoms with Crippen LogP contribution in [-0.4, -0.2) is 57.1 Å². The molecule has 2 amide bonds. The molecule has 1 atom stereocenters. The molecule has 1 aliphatic rings. The second-order valence-corrected chi connectivity index (χ2v) is 6.93. The maximum absolute atomic E-state index is 13.8. The summed E-state index contributed by atoms with van der Waals surface area (Å²) in [7, 11) is 3.26. The molecule has 1 N–H and O–H groups in total. The van der Waals surface area contributed by atoms with E-state index in [2.05, 4.69) is 5.10 Å². The van der Waals surface area contributed by atoms with Crippen molar-refractivity contribution in [3.63, 3.8) is 0 Å². The van der Waals surface area contributed by atoms with Gasteiger partial charge in [0, 0.05) is 26.2 Å². The molecule has 2 aromatic rings. The second kappa shape index (κ2) is 7.48. The van der Waals surface area contributed by atoms with Crippen LogP contribution in [0.25, 0.3) is 0 Å². The highest BCUT2D eigenvalue weighted by Gasteiger charge is 2.26. The van der Waals surface area contributed by atoms with Crippen LogP contribution in [0.15, 0.2) is 24.3 Å². The van der Waals surface area contributed by atoms with Gasteiger partial charge in [-0.2, -0.15) is 5.10 Å². The van der Waals surface area contributed by atoms with Gasteiger partial charge in [0.2, 0.25) is 5.91 Å². The summed E-state index contributed by atoms with van der Waals surface area (Å²) < 4.78 is 15.5. The number of amides is 2. The number of carbonyl (C=O) groups is 2. The average Bonchev–Trinajstić information content (AvgIpc) is 3.06. The summed E-state index contributed by atoms with van der Waals surface area (Å²) in [6.45, 7) is 2.82. The number of aromatic nitrogens is 2. The third kappa shape index (κ3) is 3.85. The lowest BCUT2D eigenvalue weighted by atomic mass is 10.1. The highest BCUT2D eigenvalue weighted by molar-refractivity contribution is 5.95. The predicted octanol–water partition coefficient (Wildman–Crippen LogP) is 1.50. The van der Waals surface area contributed by atoms with E-state index in [0.717, 1.165) is 5.69 Å². The summed E-state index contributed by atoms with van der Waals surface area (Å²) in [6, 6.07) is 6.19. The van der Waals surface area contributed by atoms with E-state index in [1.165, 1.54) is 17.0 Å². The minimum Gasteiger partial charge on any atom is -0.386 e. The summed E-state index contributed by atoms with van der Waals surface area (Å²) in [5, 5.41) is 14.6. The molecule has 0 aliphatic carbocycles. The lowest BCUT2D eigenvalue weighted by Crippen LogP contribution is -2.38. The quantitative estimate of drug-likeness (QED) is 0.880. The van der Waals surface area contributed by atoms with Gasteiger partial charge in [-0.05, 0) is 30.7 Å². The lowest BCUT2D eigenvalue weighted by Gasteiger charge is -2.28. The smallest absolute Gasteiger partial charge is 0.254 e. The zero-order chi connectivity index (χ0) is 19.7. The number of hydrogen-bond donors (Lipinski definition) is 1. The first kappa shape index (κ1) is 19.0. The monoisotopic (exact) mass is 374 g/mol. The van der Waals surface area contributed by atoms with Gasteiger partial charge < -0.3 is 14.9 Å². The molecule has 0 fully saturated rings. The molecule has 1 aromatic carbocycles. The summed E-state index contributed by atoms with van der Waals surface area (Å²) in [4.78, 5) is 27.6. The third-order valence-corrected chi connectivity index (χ3v) is 4.81. The molecule has 0 spiro atoms. The Balaban J connectivity index is 1.75. The van der Waals surface area contributed by atoms with Crippen molar-refractivity contribution in [2.75, 3.05) is 20.6 Å². The zero-order valence-electron chi connectivity index (χ0n) is 15.6. The van der Waals surface area contributed by atoms with E-state index >= 15 is 0 Å². The van der Waals surface area contributed by atoms with Crippen molar-refractivity contribution in [2.45, 2.75) is 32.5 Å². The minimum atomic E-state index is -0.993. The van der Waals surface area contributed by atoms with Crippen LogP contribution in [0.3, 0.4) is 0 Å². The fourth-order valence-corrected chi connectivity index (χ4v) is 3.09. The molecule has 2 heterocycles. The average molecular weight is 374 g/mol. The Morgan fingerprint density at radius 1 is 1.33 bits per heavy atom. The molecule has 0 unspecified atom stereocenters. The molecular formula is C19H23FN4O3. The van der Waals surface area contributed by atoms with Crippen LogP contribution in [-0.2, 0) is 17.9 Å². The molecule has 0 saturated carbocycles.